The molecule has 0 spiro atoms. The van der Waals surface area contributed by atoms with E-state index in [1.165, 1.54) is 20.3 Å². The van der Waals surface area contributed by atoms with E-state index in [-0.39, 0.29) is 18.8 Å². The average molecular weight is 384 g/mol. The van der Waals surface area contributed by atoms with Crippen molar-refractivity contribution < 1.29 is 23.7 Å². The number of nitriles is 1. The summed E-state index contributed by atoms with van der Waals surface area (Å²) in [5.74, 6) is 0.361. The van der Waals surface area contributed by atoms with Crippen molar-refractivity contribution in [2.75, 3.05) is 34.0 Å². The SMILES string of the molecule is CCOc1c(Br)cc(/C=C(\C#N)C(=O)OCCOC)cc1OC. The van der Waals surface area contributed by atoms with Crippen LogP contribution in [0, 0.1) is 11.3 Å². The maximum absolute atomic E-state index is 11.8. The van der Waals surface area contributed by atoms with Crippen LogP contribution in [-0.4, -0.2) is 40.0 Å². The highest BCUT2D eigenvalue weighted by atomic mass is 79.9. The smallest absolute Gasteiger partial charge is 0.348 e. The van der Waals surface area contributed by atoms with Crippen molar-refractivity contribution in [1.82, 2.24) is 0 Å². The summed E-state index contributed by atoms with van der Waals surface area (Å²) < 4.78 is 21.2. The molecule has 6 nitrogen and oxygen atoms in total. The lowest BCUT2D eigenvalue weighted by Crippen LogP contribution is -2.11. The molecule has 124 valence electrons. The fourth-order valence-electron chi connectivity index (χ4n) is 1.71. The van der Waals surface area contributed by atoms with Crippen molar-refractivity contribution in [3.8, 4) is 17.6 Å². The van der Waals surface area contributed by atoms with Gasteiger partial charge in [-0.3, -0.25) is 0 Å². The van der Waals surface area contributed by atoms with Crippen LogP contribution in [0.4, 0.5) is 0 Å². The molecule has 0 aliphatic carbocycles. The standard InChI is InChI=1S/C16H18BrNO5/c1-4-22-15-13(17)8-11(9-14(15)21-3)7-12(10-18)16(19)23-6-5-20-2/h7-9H,4-6H2,1-3H3/b12-7+. The van der Waals surface area contributed by atoms with E-state index in [1.807, 2.05) is 13.0 Å². The van der Waals surface area contributed by atoms with Crippen LogP contribution >= 0.6 is 15.9 Å². The molecule has 0 bridgehead atoms. The van der Waals surface area contributed by atoms with Gasteiger partial charge in [0, 0.05) is 7.11 Å². The number of benzene rings is 1. The first-order valence-electron chi connectivity index (χ1n) is 6.85. The average Bonchev–Trinajstić information content (AvgIpc) is 2.54. The number of hydrogen-bond donors (Lipinski definition) is 0. The number of carbonyl (C=O) groups is 1. The molecule has 0 aromatic heterocycles. The molecule has 1 rings (SSSR count). The van der Waals surface area contributed by atoms with Gasteiger partial charge in [-0.1, -0.05) is 0 Å². The van der Waals surface area contributed by atoms with Crippen LogP contribution in [0.15, 0.2) is 22.2 Å². The molecule has 0 atom stereocenters. The first kappa shape index (κ1) is 19.0. The third-order valence-electron chi connectivity index (χ3n) is 2.71. The lowest BCUT2D eigenvalue weighted by Gasteiger charge is -2.12. The minimum absolute atomic E-state index is 0.0879. The highest BCUT2D eigenvalue weighted by Gasteiger charge is 2.14. The molecule has 0 radical (unpaired) electrons. The van der Waals surface area contributed by atoms with Gasteiger partial charge in [0.1, 0.15) is 18.2 Å². The molecule has 0 saturated heterocycles. The third-order valence-corrected chi connectivity index (χ3v) is 3.30. The van der Waals surface area contributed by atoms with E-state index in [4.69, 9.17) is 24.2 Å². The van der Waals surface area contributed by atoms with E-state index in [0.29, 0.717) is 28.1 Å². The van der Waals surface area contributed by atoms with Gasteiger partial charge in [0.15, 0.2) is 11.5 Å². The molecule has 1 aromatic carbocycles. The summed E-state index contributed by atoms with van der Waals surface area (Å²) in [6.07, 6.45) is 1.43. The molecule has 0 fully saturated rings. The van der Waals surface area contributed by atoms with Crippen LogP contribution in [0.5, 0.6) is 11.5 Å². The maximum atomic E-state index is 11.8. The summed E-state index contributed by atoms with van der Waals surface area (Å²) in [6.45, 7) is 2.71. The molecular weight excluding hydrogens is 366 g/mol. The monoisotopic (exact) mass is 383 g/mol. The zero-order valence-electron chi connectivity index (χ0n) is 13.2. The molecule has 23 heavy (non-hydrogen) atoms. The minimum atomic E-state index is -0.700. The summed E-state index contributed by atoms with van der Waals surface area (Å²) in [6, 6.07) is 5.24. The quantitative estimate of drug-likeness (QED) is 0.297. The summed E-state index contributed by atoms with van der Waals surface area (Å²) in [7, 11) is 3.01. The number of esters is 1. The van der Waals surface area contributed by atoms with E-state index in [1.54, 1.807) is 12.1 Å². The van der Waals surface area contributed by atoms with Crippen molar-refractivity contribution in [2.24, 2.45) is 0 Å². The molecule has 0 amide bonds. The highest BCUT2D eigenvalue weighted by molar-refractivity contribution is 9.10. The Balaban J connectivity index is 3.07. The van der Waals surface area contributed by atoms with E-state index in [9.17, 15) is 4.79 Å². The van der Waals surface area contributed by atoms with Crippen LogP contribution in [0.2, 0.25) is 0 Å². The summed E-state index contributed by atoms with van der Waals surface area (Å²) in [4.78, 5) is 11.8. The van der Waals surface area contributed by atoms with Crippen LogP contribution in [0.25, 0.3) is 6.08 Å². The Morgan fingerprint density at radius 3 is 2.65 bits per heavy atom. The zero-order chi connectivity index (χ0) is 17.2. The van der Waals surface area contributed by atoms with Gasteiger partial charge >= 0.3 is 5.97 Å². The molecule has 0 aliphatic heterocycles. The Hall–Kier alpha value is -2.04. The first-order chi connectivity index (χ1) is 11.1. The molecule has 0 N–H and O–H groups in total. The Labute approximate surface area is 143 Å². The molecule has 1 aromatic rings. The number of nitrogens with zero attached hydrogens (tertiary/aromatic N) is 1. The van der Waals surface area contributed by atoms with Gasteiger partial charge in [0.2, 0.25) is 0 Å². The Bertz CT molecular complexity index is 622. The van der Waals surface area contributed by atoms with Gasteiger partial charge in [0.25, 0.3) is 0 Å². The maximum Gasteiger partial charge on any atom is 0.348 e. The van der Waals surface area contributed by atoms with Crippen molar-refractivity contribution in [3.63, 3.8) is 0 Å². The van der Waals surface area contributed by atoms with E-state index >= 15 is 0 Å². The lowest BCUT2D eigenvalue weighted by molar-refractivity contribution is -0.139. The topological polar surface area (TPSA) is 77.8 Å². The molecular formula is C16H18BrNO5. The summed E-state index contributed by atoms with van der Waals surface area (Å²) >= 11 is 3.39. The molecule has 0 heterocycles. The van der Waals surface area contributed by atoms with Crippen LogP contribution in [-0.2, 0) is 14.3 Å². The first-order valence-corrected chi connectivity index (χ1v) is 7.64. The summed E-state index contributed by atoms with van der Waals surface area (Å²) in [5.41, 5.74) is 0.497. The predicted octanol–water partition coefficient (Wildman–Crippen LogP) is 2.95. The second-order valence-electron chi connectivity index (χ2n) is 4.27. The van der Waals surface area contributed by atoms with Gasteiger partial charge in [-0.15, -0.1) is 0 Å². The lowest BCUT2D eigenvalue weighted by atomic mass is 10.1. The second-order valence-corrected chi connectivity index (χ2v) is 5.12. The van der Waals surface area contributed by atoms with Crippen molar-refractivity contribution in [2.45, 2.75) is 6.92 Å². The number of halogens is 1. The van der Waals surface area contributed by atoms with Crippen LogP contribution in [0.1, 0.15) is 12.5 Å². The Morgan fingerprint density at radius 1 is 1.35 bits per heavy atom. The van der Waals surface area contributed by atoms with E-state index in [0.717, 1.165) is 0 Å². The summed E-state index contributed by atoms with van der Waals surface area (Å²) in [5, 5.41) is 9.13. The fraction of sp³-hybridized carbons (Fsp3) is 0.375. The van der Waals surface area contributed by atoms with Gasteiger partial charge in [-0.2, -0.15) is 5.26 Å². The Morgan fingerprint density at radius 2 is 2.09 bits per heavy atom. The van der Waals surface area contributed by atoms with Crippen molar-refractivity contribution in [3.05, 3.63) is 27.7 Å². The second kappa shape index (κ2) is 9.87. The molecule has 7 heteroatoms. The molecule has 0 saturated carbocycles. The largest absolute Gasteiger partial charge is 0.493 e. The minimum Gasteiger partial charge on any atom is -0.493 e. The number of hydrogen-bond acceptors (Lipinski definition) is 6. The molecule has 0 unspecified atom stereocenters. The Kier molecular flexibility index (Phi) is 8.16. The van der Waals surface area contributed by atoms with Crippen molar-refractivity contribution >= 4 is 28.0 Å². The van der Waals surface area contributed by atoms with Crippen molar-refractivity contribution in [1.29, 1.82) is 5.26 Å². The van der Waals surface area contributed by atoms with Crippen LogP contribution in [0.3, 0.4) is 0 Å². The normalized spacial score (nSPS) is 10.8. The van der Waals surface area contributed by atoms with Gasteiger partial charge in [-0.25, -0.2) is 4.79 Å². The van der Waals surface area contributed by atoms with E-state index < -0.39 is 5.97 Å². The number of ether oxygens (including phenoxy) is 4. The predicted molar refractivity (Wildman–Crippen MR) is 88.3 cm³/mol. The van der Waals surface area contributed by atoms with E-state index in [2.05, 4.69) is 15.9 Å². The number of methoxy groups -OCH3 is 2. The highest BCUT2D eigenvalue weighted by Crippen LogP contribution is 2.37. The number of carbonyl (C=O) groups excluding carboxylic acids is 1. The molecule has 0 aliphatic rings. The fourth-order valence-corrected chi connectivity index (χ4v) is 2.28. The van der Waals surface area contributed by atoms with Gasteiger partial charge in [-0.05, 0) is 46.6 Å². The third kappa shape index (κ3) is 5.58. The van der Waals surface area contributed by atoms with Gasteiger partial charge < -0.3 is 18.9 Å². The van der Waals surface area contributed by atoms with Crippen LogP contribution < -0.4 is 9.47 Å². The number of rotatable bonds is 8. The zero-order valence-corrected chi connectivity index (χ0v) is 14.8. The van der Waals surface area contributed by atoms with Gasteiger partial charge in [0.05, 0.1) is 24.8 Å².